The van der Waals surface area contributed by atoms with Crippen molar-refractivity contribution in [2.24, 2.45) is 0 Å². The van der Waals surface area contributed by atoms with Crippen molar-refractivity contribution in [2.75, 3.05) is 0 Å². The molecule has 2 aromatic heterocycles. The number of aromatic nitrogens is 2. The first-order chi connectivity index (χ1) is 14.4. The number of hydrogen-bond donors (Lipinski definition) is 1. The molecule has 7 nitrogen and oxygen atoms in total. The van der Waals surface area contributed by atoms with Crippen LogP contribution >= 0.6 is 0 Å². The van der Waals surface area contributed by atoms with Crippen molar-refractivity contribution < 1.29 is 17.9 Å². The van der Waals surface area contributed by atoms with Crippen LogP contribution in [0, 0.1) is 6.92 Å². The van der Waals surface area contributed by atoms with E-state index in [1.54, 1.807) is 31.2 Å². The molecule has 0 saturated heterocycles. The van der Waals surface area contributed by atoms with Crippen molar-refractivity contribution in [3.05, 3.63) is 95.9 Å². The van der Waals surface area contributed by atoms with Crippen molar-refractivity contribution in [2.45, 2.75) is 18.4 Å². The minimum atomic E-state index is -3.97. The van der Waals surface area contributed by atoms with Crippen LogP contribution in [0.3, 0.4) is 0 Å². The summed E-state index contributed by atoms with van der Waals surface area (Å²) in [5.41, 5.74) is 2.51. The highest BCUT2D eigenvalue weighted by Gasteiger charge is 2.19. The van der Waals surface area contributed by atoms with Crippen molar-refractivity contribution in [1.82, 2.24) is 14.1 Å². The maximum absolute atomic E-state index is 12.5. The SMILES string of the molecule is Cc1cccc(S(=O)(=O)NC(=O)c2cccc(OCc3cn4ccccc4n3)c2)c1. The maximum Gasteiger partial charge on any atom is 0.265 e. The monoisotopic (exact) mass is 421 g/mol. The van der Waals surface area contributed by atoms with Crippen molar-refractivity contribution in [3.63, 3.8) is 0 Å². The Morgan fingerprint density at radius 1 is 1.07 bits per heavy atom. The Balaban J connectivity index is 1.46. The highest BCUT2D eigenvalue weighted by Crippen LogP contribution is 2.17. The molecule has 4 aromatic rings. The number of ether oxygens (including phenoxy) is 1. The number of pyridine rings is 1. The molecule has 0 atom stereocenters. The smallest absolute Gasteiger partial charge is 0.265 e. The van der Waals surface area contributed by atoms with E-state index in [0.29, 0.717) is 5.75 Å². The Kier molecular flexibility index (Phi) is 5.24. The molecule has 0 unspecified atom stereocenters. The number of nitrogens with one attached hydrogen (secondary N) is 1. The van der Waals surface area contributed by atoms with Gasteiger partial charge >= 0.3 is 0 Å². The zero-order valence-electron chi connectivity index (χ0n) is 16.1. The fraction of sp³-hybridized carbons (Fsp3) is 0.0909. The largest absolute Gasteiger partial charge is 0.487 e. The predicted molar refractivity (Wildman–Crippen MR) is 112 cm³/mol. The molecule has 152 valence electrons. The van der Waals surface area contributed by atoms with Gasteiger partial charge in [0, 0.05) is 18.0 Å². The summed E-state index contributed by atoms with van der Waals surface area (Å²) in [4.78, 5) is 17.0. The van der Waals surface area contributed by atoms with Crippen LogP contribution in [0.15, 0.2) is 84.0 Å². The number of aryl methyl sites for hydroxylation is 1. The summed E-state index contributed by atoms with van der Waals surface area (Å²) >= 11 is 0. The Hall–Kier alpha value is -3.65. The van der Waals surface area contributed by atoms with E-state index in [1.807, 2.05) is 35.0 Å². The lowest BCUT2D eigenvalue weighted by Gasteiger charge is -2.09. The average molecular weight is 421 g/mol. The molecule has 2 aromatic carbocycles. The van der Waals surface area contributed by atoms with Gasteiger partial charge in [0.2, 0.25) is 0 Å². The van der Waals surface area contributed by atoms with E-state index in [2.05, 4.69) is 9.71 Å². The lowest BCUT2D eigenvalue weighted by atomic mass is 10.2. The first-order valence-corrected chi connectivity index (χ1v) is 10.7. The van der Waals surface area contributed by atoms with Crippen molar-refractivity contribution >= 4 is 21.6 Å². The third-order valence-corrected chi connectivity index (χ3v) is 5.75. The van der Waals surface area contributed by atoms with Gasteiger partial charge in [-0.1, -0.05) is 24.3 Å². The van der Waals surface area contributed by atoms with Crippen molar-refractivity contribution in [3.8, 4) is 5.75 Å². The molecule has 0 fully saturated rings. The number of nitrogens with zero attached hydrogens (tertiary/aromatic N) is 2. The first kappa shape index (κ1) is 19.7. The summed E-state index contributed by atoms with van der Waals surface area (Å²) in [5, 5.41) is 0. The quantitative estimate of drug-likeness (QED) is 0.516. The van der Waals surface area contributed by atoms with E-state index in [1.165, 1.54) is 24.3 Å². The second kappa shape index (κ2) is 8.00. The average Bonchev–Trinajstić information content (AvgIpc) is 3.15. The normalized spacial score (nSPS) is 11.4. The predicted octanol–water partition coefficient (Wildman–Crippen LogP) is 3.34. The third-order valence-electron chi connectivity index (χ3n) is 4.42. The molecule has 8 heteroatoms. The molecule has 0 aliphatic heterocycles. The summed E-state index contributed by atoms with van der Waals surface area (Å²) in [5.74, 6) is -0.289. The molecule has 0 spiro atoms. The van der Waals surface area contributed by atoms with Crippen LogP contribution in [0.5, 0.6) is 5.75 Å². The molecule has 4 rings (SSSR count). The van der Waals surface area contributed by atoms with E-state index < -0.39 is 15.9 Å². The molecule has 0 bridgehead atoms. The highest BCUT2D eigenvalue weighted by molar-refractivity contribution is 7.90. The van der Waals surface area contributed by atoms with E-state index in [0.717, 1.165) is 16.9 Å². The standard InChI is InChI=1S/C22H19N3O4S/c1-16-6-4-9-20(12-16)30(27,28)24-22(26)17-7-5-8-19(13-17)29-15-18-14-25-11-3-2-10-21(25)23-18/h2-14H,15H2,1H3,(H,24,26). The van der Waals surface area contributed by atoms with Crippen LogP contribution in [0.4, 0.5) is 0 Å². The fourth-order valence-corrected chi connectivity index (χ4v) is 4.04. The van der Waals surface area contributed by atoms with Crippen LogP contribution in [0.25, 0.3) is 5.65 Å². The molecule has 2 heterocycles. The number of imidazole rings is 1. The van der Waals surface area contributed by atoms with Gasteiger partial charge in [-0.15, -0.1) is 0 Å². The number of rotatable bonds is 6. The van der Waals surface area contributed by atoms with Crippen LogP contribution in [-0.2, 0) is 16.6 Å². The zero-order valence-corrected chi connectivity index (χ0v) is 17.0. The van der Waals surface area contributed by atoms with Gasteiger partial charge in [-0.25, -0.2) is 18.1 Å². The Bertz CT molecular complexity index is 1300. The number of carbonyl (C=O) groups excluding carboxylic acids is 1. The van der Waals surface area contributed by atoms with Gasteiger partial charge in [0.05, 0.1) is 10.6 Å². The first-order valence-electron chi connectivity index (χ1n) is 9.20. The van der Waals surface area contributed by atoms with E-state index in [4.69, 9.17) is 4.74 Å². The molecule has 1 N–H and O–H groups in total. The molecule has 0 aliphatic rings. The van der Waals surface area contributed by atoms with Crippen molar-refractivity contribution in [1.29, 1.82) is 0 Å². The molecule has 0 saturated carbocycles. The van der Waals surface area contributed by atoms with E-state index in [-0.39, 0.29) is 17.1 Å². The molecule has 1 amide bonds. The van der Waals surface area contributed by atoms with E-state index in [9.17, 15) is 13.2 Å². The second-order valence-corrected chi connectivity index (χ2v) is 8.45. The minimum absolute atomic E-state index is 0.0371. The number of fused-ring (bicyclic) bond motifs is 1. The Morgan fingerprint density at radius 3 is 2.70 bits per heavy atom. The summed E-state index contributed by atoms with van der Waals surface area (Å²) in [6, 6.07) is 18.4. The summed E-state index contributed by atoms with van der Waals surface area (Å²) < 4.78 is 34.7. The second-order valence-electron chi connectivity index (χ2n) is 6.77. The van der Waals surface area contributed by atoms with Gasteiger partial charge < -0.3 is 9.14 Å². The minimum Gasteiger partial charge on any atom is -0.487 e. The number of hydrogen-bond acceptors (Lipinski definition) is 5. The Morgan fingerprint density at radius 2 is 1.90 bits per heavy atom. The summed E-state index contributed by atoms with van der Waals surface area (Å²) in [6.07, 6.45) is 3.76. The van der Waals surface area contributed by atoms with Gasteiger partial charge in [-0.3, -0.25) is 4.79 Å². The molecule has 0 aliphatic carbocycles. The van der Waals surface area contributed by atoms with Crippen LogP contribution in [0.1, 0.15) is 21.6 Å². The van der Waals surface area contributed by atoms with Gasteiger partial charge in [-0.05, 0) is 55.0 Å². The molecular formula is C22H19N3O4S. The highest BCUT2D eigenvalue weighted by atomic mass is 32.2. The lowest BCUT2D eigenvalue weighted by Crippen LogP contribution is -2.30. The van der Waals surface area contributed by atoms with Gasteiger partial charge in [0.15, 0.2) is 0 Å². The van der Waals surface area contributed by atoms with Crippen LogP contribution in [0.2, 0.25) is 0 Å². The molecule has 0 radical (unpaired) electrons. The van der Waals surface area contributed by atoms with Gasteiger partial charge in [-0.2, -0.15) is 0 Å². The van der Waals surface area contributed by atoms with Gasteiger partial charge in [0.25, 0.3) is 15.9 Å². The van der Waals surface area contributed by atoms with E-state index >= 15 is 0 Å². The zero-order chi connectivity index (χ0) is 21.1. The number of carbonyl (C=O) groups is 1. The summed E-state index contributed by atoms with van der Waals surface area (Å²) in [7, 11) is -3.97. The van der Waals surface area contributed by atoms with Gasteiger partial charge in [0.1, 0.15) is 18.0 Å². The molecular weight excluding hydrogens is 402 g/mol. The fourth-order valence-electron chi connectivity index (χ4n) is 2.96. The summed E-state index contributed by atoms with van der Waals surface area (Å²) in [6.45, 7) is 2.00. The third kappa shape index (κ3) is 4.33. The number of benzene rings is 2. The van der Waals surface area contributed by atoms with Crippen LogP contribution in [-0.4, -0.2) is 23.7 Å². The number of amides is 1. The molecule has 30 heavy (non-hydrogen) atoms. The van der Waals surface area contributed by atoms with Crippen LogP contribution < -0.4 is 9.46 Å². The number of sulfonamides is 1. The Labute approximate surface area is 174 Å². The lowest BCUT2D eigenvalue weighted by molar-refractivity contribution is 0.0981. The maximum atomic E-state index is 12.5. The topological polar surface area (TPSA) is 89.8 Å².